The number of benzene rings is 2. The molecule has 28 heavy (non-hydrogen) atoms. The van der Waals surface area contributed by atoms with Gasteiger partial charge in [0.05, 0.1) is 16.2 Å². The van der Waals surface area contributed by atoms with E-state index < -0.39 is 4.92 Å². The smallest absolute Gasteiger partial charge is 0.269 e. The van der Waals surface area contributed by atoms with E-state index >= 15 is 0 Å². The van der Waals surface area contributed by atoms with E-state index in [0.29, 0.717) is 16.8 Å². The van der Waals surface area contributed by atoms with Crippen molar-refractivity contribution in [3.8, 4) is 17.2 Å². The first-order chi connectivity index (χ1) is 13.6. The molecule has 7 nitrogen and oxygen atoms in total. The summed E-state index contributed by atoms with van der Waals surface area (Å²) < 4.78 is 0. The number of nitriles is 1. The summed E-state index contributed by atoms with van der Waals surface area (Å²) in [5.41, 5.74) is 5.41. The summed E-state index contributed by atoms with van der Waals surface area (Å²) in [6.07, 6.45) is 5.03. The highest BCUT2D eigenvalue weighted by Crippen LogP contribution is 2.35. The molecular formula is C21H15N5O2. The van der Waals surface area contributed by atoms with Gasteiger partial charge in [-0.15, -0.1) is 0 Å². The number of fused-ring (bicyclic) bond motifs is 1. The van der Waals surface area contributed by atoms with Crippen molar-refractivity contribution in [2.45, 2.75) is 6.92 Å². The maximum absolute atomic E-state index is 10.9. The molecule has 0 spiro atoms. The van der Waals surface area contributed by atoms with Crippen molar-refractivity contribution in [3.63, 3.8) is 0 Å². The number of nitrogens with one attached hydrogen (secondary N) is 2. The number of hydrogen-bond acceptors (Lipinski definition) is 5. The molecule has 0 atom stereocenters. The highest BCUT2D eigenvalue weighted by atomic mass is 16.6. The molecule has 0 aliphatic heterocycles. The summed E-state index contributed by atoms with van der Waals surface area (Å²) in [6, 6.07) is 14.3. The third-order valence-electron chi connectivity index (χ3n) is 4.72. The average molecular weight is 369 g/mol. The van der Waals surface area contributed by atoms with Crippen LogP contribution in [0.15, 0.2) is 61.1 Å². The molecule has 0 aliphatic carbocycles. The molecule has 2 heterocycles. The zero-order chi connectivity index (χ0) is 19.7. The molecule has 2 N–H and O–H groups in total. The normalized spacial score (nSPS) is 10.6. The minimum Gasteiger partial charge on any atom is -0.361 e. The Morgan fingerprint density at radius 2 is 1.93 bits per heavy atom. The second-order valence-corrected chi connectivity index (χ2v) is 6.33. The van der Waals surface area contributed by atoms with Gasteiger partial charge >= 0.3 is 0 Å². The molecule has 4 aromatic rings. The van der Waals surface area contributed by atoms with Crippen molar-refractivity contribution >= 4 is 28.0 Å². The predicted molar refractivity (Wildman–Crippen MR) is 107 cm³/mol. The summed E-state index contributed by atoms with van der Waals surface area (Å²) >= 11 is 0. The maximum Gasteiger partial charge on any atom is 0.269 e. The zero-order valence-electron chi connectivity index (χ0n) is 14.9. The molecular weight excluding hydrogens is 354 g/mol. The summed E-state index contributed by atoms with van der Waals surface area (Å²) in [7, 11) is 0. The van der Waals surface area contributed by atoms with Crippen molar-refractivity contribution < 1.29 is 4.92 Å². The van der Waals surface area contributed by atoms with Gasteiger partial charge in [-0.1, -0.05) is 0 Å². The largest absolute Gasteiger partial charge is 0.361 e. The number of aromatic nitrogens is 2. The summed E-state index contributed by atoms with van der Waals surface area (Å²) in [5, 5.41) is 24.9. The molecule has 0 saturated heterocycles. The molecule has 136 valence electrons. The number of non-ortho nitro benzene ring substituents is 1. The number of anilines is 2. The lowest BCUT2D eigenvalue weighted by molar-refractivity contribution is -0.384. The molecule has 0 unspecified atom stereocenters. The van der Waals surface area contributed by atoms with E-state index in [1.54, 1.807) is 18.3 Å². The van der Waals surface area contributed by atoms with E-state index in [-0.39, 0.29) is 5.69 Å². The SMILES string of the molecule is Cc1c(Nc2c(C#N)cncc2-c2ccc([N+](=O)[O-])cc2)ccc2[nH]ccc12. The van der Waals surface area contributed by atoms with Crippen LogP contribution in [0.2, 0.25) is 0 Å². The van der Waals surface area contributed by atoms with Crippen LogP contribution < -0.4 is 5.32 Å². The van der Waals surface area contributed by atoms with Crippen LogP contribution in [0.4, 0.5) is 17.1 Å². The maximum atomic E-state index is 10.9. The summed E-state index contributed by atoms with van der Waals surface area (Å²) in [5.74, 6) is 0. The second kappa shape index (κ2) is 6.85. The Morgan fingerprint density at radius 3 is 2.64 bits per heavy atom. The molecule has 7 heteroatoms. The monoisotopic (exact) mass is 369 g/mol. The number of nitrogens with zero attached hydrogens (tertiary/aromatic N) is 3. The Kier molecular flexibility index (Phi) is 4.22. The number of H-pyrrole nitrogens is 1. The quantitative estimate of drug-likeness (QED) is 0.386. The van der Waals surface area contributed by atoms with Gasteiger partial charge in [0, 0.05) is 52.9 Å². The second-order valence-electron chi connectivity index (χ2n) is 6.33. The van der Waals surface area contributed by atoms with E-state index in [4.69, 9.17) is 0 Å². The number of aromatic amines is 1. The van der Waals surface area contributed by atoms with Crippen LogP contribution in [0.25, 0.3) is 22.0 Å². The van der Waals surface area contributed by atoms with Crippen LogP contribution in [-0.4, -0.2) is 14.9 Å². The van der Waals surface area contributed by atoms with Crippen molar-refractivity contribution in [2.24, 2.45) is 0 Å². The number of pyridine rings is 1. The first kappa shape index (κ1) is 17.2. The van der Waals surface area contributed by atoms with E-state index in [2.05, 4.69) is 21.4 Å². The van der Waals surface area contributed by atoms with Gasteiger partial charge in [-0.05, 0) is 48.4 Å². The number of aryl methyl sites for hydroxylation is 1. The van der Waals surface area contributed by atoms with Gasteiger partial charge in [-0.25, -0.2) is 0 Å². The highest BCUT2D eigenvalue weighted by molar-refractivity contribution is 5.91. The number of hydrogen-bond donors (Lipinski definition) is 2. The fourth-order valence-electron chi connectivity index (χ4n) is 3.22. The van der Waals surface area contributed by atoms with Gasteiger partial charge < -0.3 is 10.3 Å². The Morgan fingerprint density at radius 1 is 1.14 bits per heavy atom. The lowest BCUT2D eigenvalue weighted by Crippen LogP contribution is -2.00. The molecule has 0 bridgehead atoms. The predicted octanol–water partition coefficient (Wildman–Crippen LogP) is 5.06. The minimum absolute atomic E-state index is 0.0106. The van der Waals surface area contributed by atoms with Crippen LogP contribution in [-0.2, 0) is 0 Å². The van der Waals surface area contributed by atoms with E-state index in [1.165, 1.54) is 18.3 Å². The van der Waals surface area contributed by atoms with Crippen LogP contribution in [0.5, 0.6) is 0 Å². The Balaban J connectivity index is 1.82. The van der Waals surface area contributed by atoms with Crippen LogP contribution in [0.3, 0.4) is 0 Å². The Hall–Kier alpha value is -4.18. The molecule has 2 aromatic carbocycles. The summed E-state index contributed by atoms with van der Waals surface area (Å²) in [4.78, 5) is 17.8. The fraction of sp³-hybridized carbons (Fsp3) is 0.0476. The molecule has 4 rings (SSSR count). The van der Waals surface area contributed by atoms with Crippen LogP contribution >= 0.6 is 0 Å². The van der Waals surface area contributed by atoms with E-state index in [9.17, 15) is 15.4 Å². The third kappa shape index (κ3) is 2.93. The van der Waals surface area contributed by atoms with Gasteiger partial charge in [-0.2, -0.15) is 5.26 Å². The van der Waals surface area contributed by atoms with Gasteiger partial charge in [0.15, 0.2) is 0 Å². The van der Waals surface area contributed by atoms with Crippen LogP contribution in [0.1, 0.15) is 11.1 Å². The molecule has 0 fully saturated rings. The minimum atomic E-state index is -0.442. The zero-order valence-corrected chi connectivity index (χ0v) is 14.9. The first-order valence-corrected chi connectivity index (χ1v) is 8.55. The number of rotatable bonds is 4. The van der Waals surface area contributed by atoms with E-state index in [0.717, 1.165) is 27.7 Å². The van der Waals surface area contributed by atoms with Gasteiger partial charge in [0.1, 0.15) is 6.07 Å². The average Bonchev–Trinajstić information content (AvgIpc) is 3.20. The fourth-order valence-corrected chi connectivity index (χ4v) is 3.22. The Bertz CT molecular complexity index is 1240. The van der Waals surface area contributed by atoms with Gasteiger partial charge in [-0.3, -0.25) is 15.1 Å². The number of nitro benzene ring substituents is 1. The van der Waals surface area contributed by atoms with Crippen molar-refractivity contribution in [1.82, 2.24) is 9.97 Å². The highest BCUT2D eigenvalue weighted by Gasteiger charge is 2.14. The van der Waals surface area contributed by atoms with Gasteiger partial charge in [0.2, 0.25) is 0 Å². The van der Waals surface area contributed by atoms with Crippen molar-refractivity contribution in [2.75, 3.05) is 5.32 Å². The third-order valence-corrected chi connectivity index (χ3v) is 4.72. The van der Waals surface area contributed by atoms with Gasteiger partial charge in [0.25, 0.3) is 5.69 Å². The van der Waals surface area contributed by atoms with Crippen molar-refractivity contribution in [3.05, 3.63) is 82.3 Å². The number of nitro groups is 1. The summed E-state index contributed by atoms with van der Waals surface area (Å²) in [6.45, 7) is 2.01. The Labute approximate surface area is 160 Å². The lowest BCUT2D eigenvalue weighted by atomic mass is 10.0. The van der Waals surface area contributed by atoms with Crippen molar-refractivity contribution in [1.29, 1.82) is 5.26 Å². The lowest BCUT2D eigenvalue weighted by Gasteiger charge is -2.16. The standard InChI is InChI=1S/C21H15N5O2/c1-13-17-8-9-24-20(17)7-6-19(13)25-21-15(10-22)11-23-12-18(21)14-2-4-16(5-3-14)26(27)28/h2-9,11-12,24H,1H3,(H,23,25). The molecule has 0 amide bonds. The molecule has 2 aromatic heterocycles. The topological polar surface area (TPSA) is 108 Å². The van der Waals surface area contributed by atoms with E-state index in [1.807, 2.05) is 31.3 Å². The van der Waals surface area contributed by atoms with Crippen LogP contribution in [0, 0.1) is 28.4 Å². The first-order valence-electron chi connectivity index (χ1n) is 8.55. The molecule has 0 radical (unpaired) electrons. The molecule has 0 saturated carbocycles. The molecule has 0 aliphatic rings.